The van der Waals surface area contributed by atoms with Crippen LogP contribution in [0.15, 0.2) is 151 Å². The highest BCUT2D eigenvalue weighted by Gasteiger charge is 2.61. The maximum absolute atomic E-state index is 13.2. The summed E-state index contributed by atoms with van der Waals surface area (Å²) in [5.74, 6) is 15.5. The van der Waals surface area contributed by atoms with Crippen LogP contribution in [0.5, 0.6) is 0 Å². The number of anilines is 3. The van der Waals surface area contributed by atoms with E-state index in [2.05, 4.69) is 150 Å². The van der Waals surface area contributed by atoms with Gasteiger partial charge in [-0.1, -0.05) is 86.7 Å². The molecular weight excluding hydrogens is 2140 g/mol. The number of imidazole rings is 4. The Morgan fingerprint density at radius 2 is 0.716 bits per heavy atom. The minimum atomic E-state index is -2.55. The van der Waals surface area contributed by atoms with Crippen molar-refractivity contribution in [3.63, 3.8) is 0 Å². The molecule has 4 aromatic carbocycles. The molecule has 764 valence electrons. The number of likely N-dealkylation sites (tertiary alicyclic amines) is 2. The number of benzene rings is 4. The van der Waals surface area contributed by atoms with Gasteiger partial charge in [-0.05, 0) is 359 Å². The highest BCUT2D eigenvalue weighted by Crippen LogP contribution is 2.60. The van der Waals surface area contributed by atoms with Crippen LogP contribution in [0.25, 0.3) is 67.2 Å². The molecule has 30 nitrogen and oxygen atoms in total. The number of hydrogen-bond donors (Lipinski definition) is 6. The molecule has 37 heteroatoms. The zero-order valence-corrected chi connectivity index (χ0v) is 87.3. The van der Waals surface area contributed by atoms with Crippen LogP contribution >= 0.6 is 82.4 Å². The molecular formula is C104H139Br5FN19O11P-. The molecule has 15 heterocycles. The molecule has 0 bridgehead atoms. The number of piperidine rings is 7. The maximum Gasteiger partial charge on any atom is 0.410 e. The number of rotatable bonds is 17. The Balaban J connectivity index is 0.000000135. The maximum atomic E-state index is 13.2. The predicted molar refractivity (Wildman–Crippen MR) is 574 cm³/mol. The number of aromatic nitrogens is 12. The number of amides is 2. The second-order valence-corrected chi connectivity index (χ2v) is 57.1. The molecule has 8 aromatic heterocycles. The van der Waals surface area contributed by atoms with Gasteiger partial charge in [0.2, 0.25) is 23.1 Å². The monoisotopic (exact) mass is 2280 g/mol. The number of carboxylic acid groups (broad SMARTS) is 1. The summed E-state index contributed by atoms with van der Waals surface area (Å²) in [5, 5.41) is 40.9. The average Bonchev–Trinajstić information content (AvgIpc) is 1.50. The van der Waals surface area contributed by atoms with Gasteiger partial charge < -0.3 is 77.2 Å². The van der Waals surface area contributed by atoms with Gasteiger partial charge in [0.05, 0.1) is 66.1 Å². The zero-order valence-electron chi connectivity index (χ0n) is 86.5. The van der Waals surface area contributed by atoms with Gasteiger partial charge in [0.25, 0.3) is 0 Å². The molecule has 7 saturated carbocycles. The Bertz CT molecular complexity index is 6250. The molecule has 0 spiro atoms. The Morgan fingerprint density at radius 3 is 1.02 bits per heavy atom. The smallest absolute Gasteiger partial charge is 0.410 e. The summed E-state index contributed by atoms with van der Waals surface area (Å²) in [6.07, 6.45) is 10.4. The minimum absolute atomic E-state index is 0. The molecule has 7 aliphatic heterocycles. The van der Waals surface area contributed by atoms with E-state index in [1.54, 1.807) is 9.80 Å². The lowest BCUT2D eigenvalue weighted by Gasteiger charge is -2.25. The quantitative estimate of drug-likeness (QED) is 0.0123. The van der Waals surface area contributed by atoms with Gasteiger partial charge >= 0.3 is 24.1 Å². The molecule has 141 heavy (non-hydrogen) atoms. The van der Waals surface area contributed by atoms with Crippen molar-refractivity contribution in [3.8, 4) is 0 Å². The fraction of sp³-hybridized carbons (Fsp3) is 0.567. The number of halogens is 6. The van der Waals surface area contributed by atoms with Crippen molar-refractivity contribution >= 4 is 191 Å². The number of para-hydroxylation sites is 8. The van der Waals surface area contributed by atoms with Crippen molar-refractivity contribution in [1.82, 2.24) is 77.9 Å². The van der Waals surface area contributed by atoms with Crippen LogP contribution in [0.3, 0.4) is 0 Å². The topological polar surface area (TPSA) is 338 Å². The first-order valence-electron chi connectivity index (χ1n) is 51.4. The predicted octanol–water partition coefficient (Wildman–Crippen LogP) is 19.5. The molecule has 10 unspecified atom stereocenters. The molecule has 12 aromatic rings. The summed E-state index contributed by atoms with van der Waals surface area (Å²) in [5.41, 5.74) is 7.15. The third-order valence-corrected chi connectivity index (χ3v) is 30.9. The molecule has 14 fully saturated rings. The second kappa shape index (κ2) is 46.7. The van der Waals surface area contributed by atoms with Gasteiger partial charge in [0, 0.05) is 131 Å². The number of carbonyl (C=O) groups excluding carboxylic acids is 3. The van der Waals surface area contributed by atoms with Crippen molar-refractivity contribution in [1.29, 1.82) is 0 Å². The molecule has 26 rings (SSSR count). The number of nitrogens with one attached hydrogen (secondary N) is 2. The summed E-state index contributed by atoms with van der Waals surface area (Å²) < 4.78 is 95.2. The molecule has 7 aliphatic carbocycles. The molecule has 14 aliphatic rings. The first-order chi connectivity index (χ1) is 68.7. The average molecular weight is 2290 g/mol. The van der Waals surface area contributed by atoms with Gasteiger partial charge in [-0.25, -0.2) is 34.5 Å². The van der Waals surface area contributed by atoms with Crippen molar-refractivity contribution in [2.24, 2.45) is 124 Å². The van der Waals surface area contributed by atoms with Crippen LogP contribution < -0.4 is 25.3 Å². The van der Waals surface area contributed by atoms with Crippen LogP contribution in [-0.2, 0) is 23.8 Å². The van der Waals surface area contributed by atoms with Crippen molar-refractivity contribution in [2.45, 2.75) is 120 Å². The Labute approximate surface area is 879 Å². The summed E-state index contributed by atoms with van der Waals surface area (Å²) >= 11 is 16.0. The third kappa shape index (κ3) is 25.2. The first kappa shape index (κ1) is 97.6. The third-order valence-electron chi connectivity index (χ3n) is 30.1. The molecule has 0 radical (unpaired) electrons. The van der Waals surface area contributed by atoms with Gasteiger partial charge in [-0.2, -0.15) is 15.0 Å². The van der Waals surface area contributed by atoms with E-state index in [1.165, 1.54) is 20.2 Å². The van der Waals surface area contributed by atoms with Gasteiger partial charge in [0.15, 0.2) is 0 Å². The van der Waals surface area contributed by atoms with Crippen LogP contribution in [0, 0.1) is 132 Å². The summed E-state index contributed by atoms with van der Waals surface area (Å²) in [6.45, 7) is 17.5. The molecule has 6 N–H and O–H groups in total. The van der Waals surface area contributed by atoms with Crippen molar-refractivity contribution in [3.05, 3.63) is 158 Å². The highest BCUT2D eigenvalue weighted by molar-refractivity contribution is 9.93. The standard InChI is InChI=1S/C17H17BrN4.C17H17FN4.C17H18N4O.C13H21NO4.C12H19NO4.C10H6BrN3.2C7H13NO.3CH4.CH3.Br3P/c2*18-7-5-11-12-9-21(10-13(11)12)16-6-8-22-15-4-2-1-3-14(15)19-17(22)20-16;22-8-6-11-12-9-20(10-13(11)12)16-5-7-21-15-4-2-1-3-14(15)18-17(21)19-16;1-13(2,3)18-12(16)14-6-9-8(10(9)7-14)5-11(15)17-4;1-12(2,3)17-11(16)13-5-8-7(4-10(14)15)9(8)6-13;11-9-5-6-14-8-4-2-1-3-7(8)12-10(14)13-9;2*9-2-1-5-6-3-8-4-7(5)6;;;;;1-4(2)3/h2*1-4,6,8,11-13H,5,7,9-10H2;1-5,7,11-13,22H,6,8-10H2;8-10H,5-7H2,1-4H3;7-9H,4-6H2,1-3H3,(H,14,15);1-6H;2*5-9H,1-4H2;3*1H4;1H3;/q;;;;;;;;;;;-1;/t;;;8?,9-,10+;7?,8-,9+;;2*5?,6-,7+;;;;;/i7D2;7D2,18-1;8D2;;;;2D2;;;;;;. The van der Waals surface area contributed by atoms with E-state index in [1.807, 2.05) is 193 Å². The lowest BCUT2D eigenvalue weighted by Crippen LogP contribution is -2.37. The molecule has 2 amide bonds. The number of aliphatic hydroxyl groups excluding tert-OH is 1. The largest absolute Gasteiger partial charge is 0.481 e. The van der Waals surface area contributed by atoms with Gasteiger partial charge in [-0.3, -0.25) is 31.6 Å². The van der Waals surface area contributed by atoms with Crippen molar-refractivity contribution in [2.75, 3.05) is 145 Å². The van der Waals surface area contributed by atoms with E-state index in [-0.39, 0.29) is 83.0 Å². The number of ether oxygens (including phenoxy) is 3. The number of alkyl halides is 2. The summed E-state index contributed by atoms with van der Waals surface area (Å²) in [7, 11) is 1.41. The van der Waals surface area contributed by atoms with Gasteiger partial charge in [-0.15, -0.1) is 0 Å². The number of hydrogen-bond acceptors (Lipinski definition) is 23. The lowest BCUT2D eigenvalue weighted by atomic mass is 10.2. The fourth-order valence-electron chi connectivity index (χ4n) is 22.8. The van der Waals surface area contributed by atoms with Crippen LogP contribution in [0.1, 0.15) is 120 Å². The first-order valence-corrected chi connectivity index (χ1v) is 56.4. The van der Waals surface area contributed by atoms with Gasteiger partial charge in [0.1, 0.15) is 37.3 Å². The molecule has 7 saturated heterocycles. The number of aliphatic hydroxyl groups is 3. The number of methoxy groups -OCH3 is 1. The van der Waals surface area contributed by atoms with E-state index in [0.717, 1.165) is 154 Å². The summed E-state index contributed by atoms with van der Waals surface area (Å²) in [4.78, 5) is 92.1. The lowest BCUT2D eigenvalue weighted by molar-refractivity contribution is -0.141. The number of esters is 1. The zero-order chi connectivity index (χ0) is 103. The Kier molecular flexibility index (Phi) is 32.3. The highest BCUT2D eigenvalue weighted by atomic mass is 80.0. The van der Waals surface area contributed by atoms with Crippen LogP contribution in [-0.4, -0.2) is 253 Å². The van der Waals surface area contributed by atoms with E-state index in [9.17, 15) is 28.7 Å². The van der Waals surface area contributed by atoms with E-state index >= 15 is 0 Å². The minimum Gasteiger partial charge on any atom is -0.481 e. The number of carbonyl (C=O) groups is 4. The SMILES string of the molecule is BrP(Br)Br.Brc1ccn2c(n1)nc1ccccc12.C.C.C.CC(C)(C)OC(=O)N1C[C@@H]2C(CC(=O)O)[C@@H]2C1.COC(=O)CC1[C@H]2CN(C(=O)OC(C)(C)C)C[C@@H]12.OCCC1[C@H]2CNC[C@@H]12.[2H]C([2H])(Br)CC1C2CN(c3ccn4c(n3)nc3ccccc34)CC21.[2H]C([2H])(O)CC1C2CN(c3ccn4c(n3)nc3ccccc34)CC21.[2H]C([2H])(O)CC1[C@H]2CNC[C@@H]12.[2H]C([2H])([18F])CC1C2CN(c3ccn4c(n3)nc3ccccc34)CC21.[CH3-]. The Hall–Kier alpha value is -8.16. The normalized spacial score (nSPS) is 28.7. The van der Waals surface area contributed by atoms with E-state index in [0.29, 0.717) is 158 Å². The van der Waals surface area contributed by atoms with E-state index in [4.69, 9.17) is 45.7 Å². The van der Waals surface area contributed by atoms with Crippen LogP contribution in [0.4, 0.5) is 31.4 Å². The fourth-order valence-corrected chi connectivity index (χ4v) is 23.4. The van der Waals surface area contributed by atoms with E-state index < -0.39 is 42.2 Å². The molecule has 18 atom stereocenters. The summed E-state index contributed by atoms with van der Waals surface area (Å²) in [6, 6.07) is 40.0. The number of fused-ring (bicyclic) bond motifs is 19. The number of aliphatic carboxylic acids is 1. The Morgan fingerprint density at radius 1 is 0.426 bits per heavy atom. The van der Waals surface area contributed by atoms with Crippen LogP contribution in [0.2, 0.25) is 0 Å². The second-order valence-electron chi connectivity index (χ2n) is 40.4. The van der Waals surface area contributed by atoms with Crippen molar-refractivity contribution < 1.29 is 69.2 Å². The number of carboxylic acids is 1. The number of nitrogens with zero attached hydrogens (tertiary/aromatic N) is 17.